The molecule has 21 heavy (non-hydrogen) atoms. The van der Waals surface area contributed by atoms with Crippen LogP contribution in [0.2, 0.25) is 0 Å². The molecular formula is C17H18N2OS. The number of hydrogen-bond donors (Lipinski definition) is 2. The molecule has 0 amide bonds. The Morgan fingerprint density at radius 1 is 1.10 bits per heavy atom. The molecule has 3 nitrogen and oxygen atoms in total. The van der Waals surface area contributed by atoms with Crippen LogP contribution in [0.5, 0.6) is 5.75 Å². The molecule has 0 unspecified atom stereocenters. The van der Waals surface area contributed by atoms with Gasteiger partial charge in [-0.2, -0.15) is 0 Å². The van der Waals surface area contributed by atoms with Gasteiger partial charge in [-0.25, -0.2) is 4.98 Å². The Morgan fingerprint density at radius 3 is 2.52 bits per heavy atom. The van der Waals surface area contributed by atoms with Crippen LogP contribution in [0.1, 0.15) is 26.3 Å². The number of hydrogen-bond acceptors (Lipinski definition) is 4. The maximum absolute atomic E-state index is 9.51. The van der Waals surface area contributed by atoms with Gasteiger partial charge in [0.2, 0.25) is 0 Å². The van der Waals surface area contributed by atoms with Gasteiger partial charge in [-0.3, -0.25) is 0 Å². The van der Waals surface area contributed by atoms with Gasteiger partial charge >= 0.3 is 0 Å². The van der Waals surface area contributed by atoms with Crippen molar-refractivity contribution in [1.82, 2.24) is 4.98 Å². The summed E-state index contributed by atoms with van der Waals surface area (Å²) in [5.41, 5.74) is 9.47. The minimum atomic E-state index is 0.106. The summed E-state index contributed by atoms with van der Waals surface area (Å²) in [5.74, 6) is 0.106. The number of phenolic OH excluding ortho intramolecular Hbond substituents is 1. The van der Waals surface area contributed by atoms with Gasteiger partial charge in [-0.05, 0) is 41.3 Å². The number of anilines is 1. The summed E-state index contributed by atoms with van der Waals surface area (Å²) in [6.45, 7) is 6.59. The van der Waals surface area contributed by atoms with E-state index in [1.165, 1.54) is 5.56 Å². The van der Waals surface area contributed by atoms with Crippen molar-refractivity contribution < 1.29 is 5.11 Å². The monoisotopic (exact) mass is 298 g/mol. The maximum Gasteiger partial charge on any atom is 0.138 e. The van der Waals surface area contributed by atoms with Crippen molar-refractivity contribution in [2.45, 2.75) is 26.2 Å². The molecular weight excluding hydrogens is 280 g/mol. The van der Waals surface area contributed by atoms with Gasteiger partial charge in [-0.1, -0.05) is 26.8 Å². The molecule has 1 aromatic heterocycles. The third-order valence-corrected chi connectivity index (χ3v) is 4.61. The quantitative estimate of drug-likeness (QED) is 0.512. The lowest BCUT2D eigenvalue weighted by Gasteiger charge is -2.18. The third kappa shape index (κ3) is 2.59. The largest absolute Gasteiger partial charge is 0.506 e. The molecule has 0 radical (unpaired) electrons. The van der Waals surface area contributed by atoms with Crippen LogP contribution in [0, 0.1) is 0 Å². The predicted octanol–water partition coefficient (Wildman–Crippen LogP) is 4.55. The molecule has 0 saturated carbocycles. The topological polar surface area (TPSA) is 59.1 Å². The van der Waals surface area contributed by atoms with Gasteiger partial charge in [0.25, 0.3) is 0 Å². The van der Waals surface area contributed by atoms with E-state index in [1.54, 1.807) is 23.5 Å². The fraction of sp³-hybridized carbons (Fsp3) is 0.235. The smallest absolute Gasteiger partial charge is 0.138 e. The number of nitrogen functional groups attached to an aromatic ring is 1. The molecule has 0 spiro atoms. The molecule has 0 aliphatic heterocycles. The Morgan fingerprint density at radius 2 is 1.86 bits per heavy atom. The molecule has 0 aliphatic rings. The lowest BCUT2D eigenvalue weighted by atomic mass is 9.87. The summed E-state index contributed by atoms with van der Waals surface area (Å²) in [4.78, 5) is 4.71. The molecule has 108 valence electrons. The highest BCUT2D eigenvalue weighted by molar-refractivity contribution is 7.21. The van der Waals surface area contributed by atoms with E-state index in [0.717, 1.165) is 20.8 Å². The molecule has 3 rings (SSSR count). The van der Waals surface area contributed by atoms with Crippen LogP contribution in [-0.2, 0) is 5.41 Å². The molecule has 3 N–H and O–H groups in total. The van der Waals surface area contributed by atoms with Crippen molar-refractivity contribution in [1.29, 1.82) is 0 Å². The Bertz CT molecular complexity index is 815. The minimum Gasteiger partial charge on any atom is -0.506 e. The molecule has 0 atom stereocenters. The molecule has 4 heteroatoms. The van der Waals surface area contributed by atoms with E-state index in [-0.39, 0.29) is 11.2 Å². The Labute approximate surface area is 128 Å². The van der Waals surface area contributed by atoms with Gasteiger partial charge in [0.15, 0.2) is 0 Å². The van der Waals surface area contributed by atoms with E-state index in [4.69, 9.17) is 10.7 Å². The van der Waals surface area contributed by atoms with Gasteiger partial charge in [0, 0.05) is 5.56 Å². The molecule has 0 aliphatic carbocycles. The summed E-state index contributed by atoms with van der Waals surface area (Å²) in [6.07, 6.45) is 0. The van der Waals surface area contributed by atoms with Crippen LogP contribution in [0.25, 0.3) is 20.8 Å². The Hall–Kier alpha value is -2.07. The maximum atomic E-state index is 9.51. The number of nitrogens with zero attached hydrogens (tertiary/aromatic N) is 1. The first-order chi connectivity index (χ1) is 9.84. The Kier molecular flexibility index (Phi) is 3.14. The number of thiazole rings is 1. The third-order valence-electron chi connectivity index (χ3n) is 3.53. The first-order valence-corrected chi connectivity index (χ1v) is 7.66. The number of aromatic hydroxyl groups is 1. The molecule has 3 aromatic rings. The van der Waals surface area contributed by atoms with Crippen LogP contribution in [0.4, 0.5) is 5.69 Å². The summed E-state index contributed by atoms with van der Waals surface area (Å²) < 4.78 is 1.16. The standard InChI is InChI=1S/C17H18N2OS/c1-17(2,3)11-5-7-15-13(9-11)19-16(21-15)10-4-6-14(20)12(18)8-10/h4-9,20H,18H2,1-3H3. The van der Waals surface area contributed by atoms with Crippen molar-refractivity contribution in [3.8, 4) is 16.3 Å². The summed E-state index contributed by atoms with van der Waals surface area (Å²) in [5, 5.41) is 10.4. The Balaban J connectivity index is 2.10. The van der Waals surface area contributed by atoms with Crippen molar-refractivity contribution in [3.63, 3.8) is 0 Å². The van der Waals surface area contributed by atoms with E-state index in [0.29, 0.717) is 5.69 Å². The average Bonchev–Trinajstić information content (AvgIpc) is 2.83. The van der Waals surface area contributed by atoms with Crippen LogP contribution in [-0.4, -0.2) is 10.1 Å². The molecule has 1 heterocycles. The number of rotatable bonds is 1. The molecule has 0 fully saturated rings. The van der Waals surface area contributed by atoms with Crippen molar-refractivity contribution >= 4 is 27.2 Å². The number of phenols is 1. The normalized spacial score (nSPS) is 12.0. The zero-order valence-electron chi connectivity index (χ0n) is 12.3. The van der Waals surface area contributed by atoms with Crippen molar-refractivity contribution in [2.24, 2.45) is 0 Å². The SMILES string of the molecule is CC(C)(C)c1ccc2sc(-c3ccc(O)c(N)c3)nc2c1. The van der Waals surface area contributed by atoms with Gasteiger partial charge in [0.05, 0.1) is 15.9 Å². The number of aromatic nitrogens is 1. The minimum absolute atomic E-state index is 0.106. The van der Waals surface area contributed by atoms with Gasteiger partial charge < -0.3 is 10.8 Å². The highest BCUT2D eigenvalue weighted by Gasteiger charge is 2.15. The number of fused-ring (bicyclic) bond motifs is 1. The predicted molar refractivity (Wildman–Crippen MR) is 89.8 cm³/mol. The van der Waals surface area contributed by atoms with E-state index in [9.17, 15) is 5.11 Å². The van der Waals surface area contributed by atoms with Crippen LogP contribution in [0.3, 0.4) is 0 Å². The summed E-state index contributed by atoms with van der Waals surface area (Å²) in [7, 11) is 0. The summed E-state index contributed by atoms with van der Waals surface area (Å²) >= 11 is 1.64. The van der Waals surface area contributed by atoms with E-state index in [1.807, 2.05) is 6.07 Å². The second-order valence-electron chi connectivity index (χ2n) is 6.23. The van der Waals surface area contributed by atoms with Crippen LogP contribution < -0.4 is 5.73 Å². The van der Waals surface area contributed by atoms with E-state index in [2.05, 4.69) is 39.0 Å². The number of benzene rings is 2. The first-order valence-electron chi connectivity index (χ1n) is 6.84. The molecule has 2 aromatic carbocycles. The average molecular weight is 298 g/mol. The van der Waals surface area contributed by atoms with Crippen LogP contribution >= 0.6 is 11.3 Å². The first kappa shape index (κ1) is 13.9. The zero-order valence-corrected chi connectivity index (χ0v) is 13.2. The van der Waals surface area contributed by atoms with Crippen molar-refractivity contribution in [2.75, 3.05) is 5.73 Å². The lowest BCUT2D eigenvalue weighted by Crippen LogP contribution is -2.10. The second kappa shape index (κ2) is 4.74. The summed E-state index contributed by atoms with van der Waals surface area (Å²) in [6, 6.07) is 11.7. The highest BCUT2D eigenvalue weighted by atomic mass is 32.1. The second-order valence-corrected chi connectivity index (χ2v) is 7.26. The van der Waals surface area contributed by atoms with Gasteiger partial charge in [0.1, 0.15) is 10.8 Å². The number of nitrogens with two attached hydrogens (primary N) is 1. The highest BCUT2D eigenvalue weighted by Crippen LogP contribution is 2.35. The lowest BCUT2D eigenvalue weighted by molar-refractivity contribution is 0.478. The van der Waals surface area contributed by atoms with Crippen LogP contribution in [0.15, 0.2) is 36.4 Å². The fourth-order valence-electron chi connectivity index (χ4n) is 2.20. The zero-order chi connectivity index (χ0) is 15.2. The molecule has 0 bridgehead atoms. The van der Waals surface area contributed by atoms with Gasteiger partial charge in [-0.15, -0.1) is 11.3 Å². The van der Waals surface area contributed by atoms with Crippen molar-refractivity contribution in [3.05, 3.63) is 42.0 Å². The fourth-order valence-corrected chi connectivity index (χ4v) is 3.15. The molecule has 0 saturated heterocycles. The van der Waals surface area contributed by atoms with E-state index >= 15 is 0 Å². The van der Waals surface area contributed by atoms with E-state index < -0.39 is 0 Å².